The largest absolute Gasteiger partial charge is 0.479 e. The fourth-order valence-electron chi connectivity index (χ4n) is 3.53. The average molecular weight is 380 g/mol. The Balaban J connectivity index is 1.71. The quantitative estimate of drug-likeness (QED) is 0.807. The number of nitrogens with one attached hydrogen (secondary N) is 1. The van der Waals surface area contributed by atoms with Crippen LogP contribution in [0.3, 0.4) is 0 Å². The molecule has 3 rings (SSSR count). The van der Waals surface area contributed by atoms with E-state index < -0.39 is 17.9 Å². The molecule has 2 aromatic carbocycles. The molecule has 0 aliphatic carbocycles. The Morgan fingerprint density at radius 1 is 1.11 bits per heavy atom. The molecular weight excluding hydrogens is 356 g/mol. The molecule has 0 spiro atoms. The second-order valence-corrected chi connectivity index (χ2v) is 7.28. The lowest BCUT2D eigenvalue weighted by Gasteiger charge is -2.17. The maximum atomic E-state index is 12.6. The van der Waals surface area contributed by atoms with E-state index >= 15 is 0 Å². The smallest absolute Gasteiger partial charge is 0.330 e. The number of carbonyl (C=O) groups excluding carboxylic acids is 2. The summed E-state index contributed by atoms with van der Waals surface area (Å²) in [7, 11) is 0. The van der Waals surface area contributed by atoms with Crippen molar-refractivity contribution >= 4 is 17.8 Å². The number of rotatable bonds is 6. The molecule has 1 aliphatic rings. The SMILES string of the molecule is Cc1cc(C)cc(C(NC(=O)c2ccc(CN3CCCC3=O)cc2)C(=O)O)c1. The molecule has 6 nitrogen and oxygen atoms in total. The van der Waals surface area contributed by atoms with E-state index in [2.05, 4.69) is 5.32 Å². The molecule has 2 aromatic rings. The van der Waals surface area contributed by atoms with Gasteiger partial charge in [-0.1, -0.05) is 41.5 Å². The summed E-state index contributed by atoms with van der Waals surface area (Å²) < 4.78 is 0. The van der Waals surface area contributed by atoms with E-state index in [0.29, 0.717) is 24.1 Å². The molecule has 1 heterocycles. The van der Waals surface area contributed by atoms with Crippen LogP contribution in [0.1, 0.15) is 51.5 Å². The number of carbonyl (C=O) groups is 3. The molecule has 1 saturated heterocycles. The minimum atomic E-state index is -1.12. The van der Waals surface area contributed by atoms with E-state index in [4.69, 9.17) is 0 Å². The van der Waals surface area contributed by atoms with E-state index in [9.17, 15) is 19.5 Å². The van der Waals surface area contributed by atoms with Gasteiger partial charge in [-0.25, -0.2) is 4.79 Å². The van der Waals surface area contributed by atoms with E-state index in [1.165, 1.54) is 0 Å². The number of nitrogens with zero attached hydrogens (tertiary/aromatic N) is 1. The van der Waals surface area contributed by atoms with Gasteiger partial charge in [0, 0.05) is 25.1 Å². The summed E-state index contributed by atoms with van der Waals surface area (Å²) >= 11 is 0. The lowest BCUT2D eigenvalue weighted by molar-refractivity contribution is -0.139. The minimum absolute atomic E-state index is 0.152. The van der Waals surface area contributed by atoms with Gasteiger partial charge in [0.1, 0.15) is 0 Å². The summed E-state index contributed by atoms with van der Waals surface area (Å²) in [5.41, 5.74) is 3.75. The number of carboxylic acid groups (broad SMARTS) is 1. The van der Waals surface area contributed by atoms with Crippen LogP contribution in [0.2, 0.25) is 0 Å². The van der Waals surface area contributed by atoms with Crippen molar-refractivity contribution in [2.45, 2.75) is 39.3 Å². The van der Waals surface area contributed by atoms with Crippen LogP contribution in [0.4, 0.5) is 0 Å². The first-order valence-corrected chi connectivity index (χ1v) is 9.32. The monoisotopic (exact) mass is 380 g/mol. The van der Waals surface area contributed by atoms with Gasteiger partial charge in [-0.15, -0.1) is 0 Å². The van der Waals surface area contributed by atoms with Crippen molar-refractivity contribution in [1.82, 2.24) is 10.2 Å². The molecule has 1 fully saturated rings. The zero-order valence-corrected chi connectivity index (χ0v) is 16.1. The summed E-state index contributed by atoms with van der Waals surface area (Å²) in [5, 5.41) is 12.2. The Morgan fingerprint density at radius 2 is 1.75 bits per heavy atom. The zero-order chi connectivity index (χ0) is 20.3. The van der Waals surface area contributed by atoms with Crippen molar-refractivity contribution in [3.8, 4) is 0 Å². The fraction of sp³-hybridized carbons (Fsp3) is 0.318. The Kier molecular flexibility index (Phi) is 5.78. The number of hydrogen-bond acceptors (Lipinski definition) is 3. The van der Waals surface area contributed by atoms with Crippen LogP contribution in [-0.4, -0.2) is 34.3 Å². The Labute approximate surface area is 164 Å². The number of aryl methyl sites for hydroxylation is 2. The van der Waals surface area contributed by atoms with Crippen LogP contribution in [0.15, 0.2) is 42.5 Å². The first-order chi connectivity index (χ1) is 13.3. The first-order valence-electron chi connectivity index (χ1n) is 9.32. The van der Waals surface area contributed by atoms with E-state index in [1.807, 2.05) is 19.9 Å². The van der Waals surface area contributed by atoms with Gasteiger partial charge in [0.2, 0.25) is 5.91 Å². The van der Waals surface area contributed by atoms with Crippen LogP contribution >= 0.6 is 0 Å². The molecule has 1 atom stereocenters. The summed E-state index contributed by atoms with van der Waals surface area (Å²) in [6.07, 6.45) is 1.48. The van der Waals surface area contributed by atoms with Crippen molar-refractivity contribution in [1.29, 1.82) is 0 Å². The van der Waals surface area contributed by atoms with Crippen LogP contribution in [0.5, 0.6) is 0 Å². The third-order valence-electron chi connectivity index (χ3n) is 4.86. The van der Waals surface area contributed by atoms with E-state index in [1.54, 1.807) is 41.3 Å². The third-order valence-corrected chi connectivity index (χ3v) is 4.86. The van der Waals surface area contributed by atoms with Crippen LogP contribution in [-0.2, 0) is 16.1 Å². The normalized spacial score (nSPS) is 14.8. The van der Waals surface area contributed by atoms with Crippen LogP contribution in [0, 0.1) is 13.8 Å². The molecule has 6 heteroatoms. The van der Waals surface area contributed by atoms with Gasteiger partial charge in [0.05, 0.1) is 0 Å². The van der Waals surface area contributed by atoms with Crippen molar-refractivity contribution in [3.05, 3.63) is 70.3 Å². The molecule has 1 unspecified atom stereocenters. The van der Waals surface area contributed by atoms with E-state index in [-0.39, 0.29) is 5.91 Å². The minimum Gasteiger partial charge on any atom is -0.479 e. The third kappa shape index (κ3) is 4.57. The Bertz CT molecular complexity index is 885. The molecule has 2 amide bonds. The van der Waals surface area contributed by atoms with Crippen LogP contribution in [0.25, 0.3) is 0 Å². The van der Waals surface area contributed by atoms with Gasteiger partial charge in [-0.2, -0.15) is 0 Å². The summed E-state index contributed by atoms with van der Waals surface area (Å²) in [6.45, 7) is 5.07. The molecule has 0 bridgehead atoms. The highest BCUT2D eigenvalue weighted by Gasteiger charge is 2.24. The van der Waals surface area contributed by atoms with Gasteiger partial charge in [0.25, 0.3) is 5.91 Å². The topological polar surface area (TPSA) is 86.7 Å². The molecular formula is C22H24N2O4. The molecule has 1 aliphatic heterocycles. The number of aliphatic carboxylic acids is 1. The fourth-order valence-corrected chi connectivity index (χ4v) is 3.53. The lowest BCUT2D eigenvalue weighted by atomic mass is 10.0. The van der Waals surface area contributed by atoms with E-state index in [0.717, 1.165) is 29.7 Å². The average Bonchev–Trinajstić information content (AvgIpc) is 3.03. The number of carboxylic acids is 1. The van der Waals surface area contributed by atoms with Crippen molar-refractivity contribution in [3.63, 3.8) is 0 Å². The maximum Gasteiger partial charge on any atom is 0.330 e. The number of likely N-dealkylation sites (tertiary alicyclic amines) is 1. The number of benzene rings is 2. The molecule has 28 heavy (non-hydrogen) atoms. The van der Waals surface area contributed by atoms with Crippen molar-refractivity contribution in [2.75, 3.05) is 6.54 Å². The van der Waals surface area contributed by atoms with Gasteiger partial charge in [0.15, 0.2) is 6.04 Å². The molecule has 2 N–H and O–H groups in total. The maximum absolute atomic E-state index is 12.6. The number of hydrogen-bond donors (Lipinski definition) is 2. The van der Waals surface area contributed by atoms with Crippen molar-refractivity contribution < 1.29 is 19.5 Å². The highest BCUT2D eigenvalue weighted by atomic mass is 16.4. The Hall–Kier alpha value is -3.15. The highest BCUT2D eigenvalue weighted by Crippen LogP contribution is 2.19. The predicted octanol–water partition coefficient (Wildman–Crippen LogP) is 2.98. The second-order valence-electron chi connectivity index (χ2n) is 7.28. The van der Waals surface area contributed by atoms with Gasteiger partial charge >= 0.3 is 5.97 Å². The predicted molar refractivity (Wildman–Crippen MR) is 105 cm³/mol. The molecule has 0 radical (unpaired) electrons. The second kappa shape index (κ2) is 8.25. The molecule has 0 aromatic heterocycles. The van der Waals surface area contributed by atoms with Crippen LogP contribution < -0.4 is 5.32 Å². The van der Waals surface area contributed by atoms with Crippen molar-refractivity contribution in [2.24, 2.45) is 0 Å². The number of amides is 2. The zero-order valence-electron chi connectivity index (χ0n) is 16.1. The molecule has 146 valence electrons. The lowest BCUT2D eigenvalue weighted by Crippen LogP contribution is -2.33. The van der Waals surface area contributed by atoms with Gasteiger partial charge in [-0.3, -0.25) is 9.59 Å². The standard InChI is InChI=1S/C22H24N2O4/c1-14-10-15(2)12-18(11-14)20(22(27)28)23-21(26)17-7-5-16(6-8-17)13-24-9-3-4-19(24)25/h5-8,10-12,20H,3-4,9,13H2,1-2H3,(H,23,26)(H,27,28). The van der Waals surface area contributed by atoms with Gasteiger partial charge < -0.3 is 15.3 Å². The molecule has 0 saturated carbocycles. The Morgan fingerprint density at radius 3 is 2.29 bits per heavy atom. The van der Waals surface area contributed by atoms with Gasteiger partial charge in [-0.05, 0) is 43.5 Å². The summed E-state index contributed by atoms with van der Waals surface area (Å²) in [5.74, 6) is -1.41. The first kappa shape index (κ1) is 19.6. The summed E-state index contributed by atoms with van der Waals surface area (Å²) in [6, 6.07) is 11.3. The summed E-state index contributed by atoms with van der Waals surface area (Å²) in [4.78, 5) is 37.8. The highest BCUT2D eigenvalue weighted by molar-refractivity contribution is 5.96.